The Bertz CT molecular complexity index is 1340. The third-order valence-electron chi connectivity index (χ3n) is 6.82. The van der Waals surface area contributed by atoms with Crippen LogP contribution in [0.15, 0.2) is 66.7 Å². The Morgan fingerprint density at radius 3 is 2.59 bits per heavy atom. The number of benzene rings is 3. The largest absolute Gasteiger partial charge is 0.493 e. The number of ether oxygens (including phenoxy) is 1. The first-order valence-corrected chi connectivity index (χ1v) is 13.4. The van der Waals surface area contributed by atoms with Crippen molar-refractivity contribution in [2.75, 3.05) is 13.2 Å². The van der Waals surface area contributed by atoms with Gasteiger partial charge in [0.2, 0.25) is 5.91 Å². The Balaban J connectivity index is 1.32. The molecule has 0 fully saturated rings. The van der Waals surface area contributed by atoms with Gasteiger partial charge in [-0.15, -0.1) is 0 Å². The third kappa shape index (κ3) is 7.00. The normalized spacial score (nSPS) is 11.3. The molecule has 1 amide bonds. The van der Waals surface area contributed by atoms with Crippen LogP contribution in [0, 0.1) is 13.8 Å². The molecule has 0 atom stereocenters. The molecule has 194 valence electrons. The smallest absolute Gasteiger partial charge is 0.224 e. The molecule has 0 unspecified atom stereocenters. The molecule has 1 N–H and O–H groups in total. The molecular formula is C32H39N3O2. The van der Waals surface area contributed by atoms with Crippen molar-refractivity contribution in [3.63, 3.8) is 0 Å². The second-order valence-corrected chi connectivity index (χ2v) is 10.1. The summed E-state index contributed by atoms with van der Waals surface area (Å²) in [5, 5.41) is 3.08. The Kier molecular flexibility index (Phi) is 8.99. The summed E-state index contributed by atoms with van der Waals surface area (Å²) in [6, 6.07) is 22.8. The van der Waals surface area contributed by atoms with E-state index in [0.717, 1.165) is 59.5 Å². The zero-order chi connectivity index (χ0) is 26.2. The first-order chi connectivity index (χ1) is 17.9. The number of aromatic nitrogens is 2. The van der Waals surface area contributed by atoms with E-state index in [4.69, 9.17) is 9.72 Å². The van der Waals surface area contributed by atoms with Crippen LogP contribution in [-0.4, -0.2) is 28.6 Å². The summed E-state index contributed by atoms with van der Waals surface area (Å²) in [7, 11) is 0. The number of rotatable bonds is 12. The van der Waals surface area contributed by atoms with Crippen LogP contribution in [0.4, 0.5) is 0 Å². The first-order valence-electron chi connectivity index (χ1n) is 13.4. The number of carbonyl (C=O) groups excluding carboxylic acids is 1. The Morgan fingerprint density at radius 1 is 1.00 bits per heavy atom. The predicted molar refractivity (Wildman–Crippen MR) is 151 cm³/mol. The van der Waals surface area contributed by atoms with Gasteiger partial charge in [0.05, 0.1) is 24.1 Å². The molecule has 3 aromatic carbocycles. The third-order valence-corrected chi connectivity index (χ3v) is 6.82. The number of hydrogen-bond donors (Lipinski definition) is 1. The minimum absolute atomic E-state index is 0.0665. The minimum Gasteiger partial charge on any atom is -0.493 e. The van der Waals surface area contributed by atoms with Crippen LogP contribution in [0.25, 0.3) is 11.0 Å². The van der Waals surface area contributed by atoms with E-state index in [1.165, 1.54) is 11.1 Å². The lowest BCUT2D eigenvalue weighted by atomic mass is 10.0. The molecule has 5 heteroatoms. The lowest BCUT2D eigenvalue weighted by Gasteiger charge is -2.15. The van der Waals surface area contributed by atoms with Gasteiger partial charge in [-0.25, -0.2) is 4.98 Å². The molecule has 0 aliphatic heterocycles. The van der Waals surface area contributed by atoms with Crippen LogP contribution in [0.3, 0.4) is 0 Å². The van der Waals surface area contributed by atoms with E-state index >= 15 is 0 Å². The summed E-state index contributed by atoms with van der Waals surface area (Å²) in [6.07, 6.45) is 2.98. The quantitative estimate of drug-likeness (QED) is 0.226. The molecule has 0 aliphatic rings. The van der Waals surface area contributed by atoms with Crippen LogP contribution in [-0.2, 0) is 24.2 Å². The molecule has 4 rings (SSSR count). The van der Waals surface area contributed by atoms with Crippen LogP contribution in [0.2, 0.25) is 0 Å². The standard InChI is InChI=1S/C32H39N3O2/c1-23(2)27-17-16-24(3)21-30(27)37-20-10-19-35-29-14-8-7-13-28(29)34-31(35)15-9-18-33-32(36)22-26-12-6-5-11-25(26)4/h5-8,11-14,16-17,21,23H,9-10,15,18-20,22H2,1-4H3,(H,33,36). The molecule has 0 saturated carbocycles. The van der Waals surface area contributed by atoms with Gasteiger partial charge in [0.1, 0.15) is 11.6 Å². The fraction of sp³-hybridized carbons (Fsp3) is 0.375. The van der Waals surface area contributed by atoms with Gasteiger partial charge in [0, 0.05) is 19.5 Å². The monoisotopic (exact) mass is 497 g/mol. The highest BCUT2D eigenvalue weighted by Gasteiger charge is 2.12. The maximum absolute atomic E-state index is 12.4. The SMILES string of the molecule is Cc1ccc(C(C)C)c(OCCCn2c(CCCNC(=O)Cc3ccccc3C)nc3ccccc32)c1. The van der Waals surface area contributed by atoms with Gasteiger partial charge in [0.25, 0.3) is 0 Å². The van der Waals surface area contributed by atoms with Crippen molar-refractivity contribution in [2.45, 2.75) is 65.8 Å². The number of fused-ring (bicyclic) bond motifs is 1. The maximum Gasteiger partial charge on any atom is 0.224 e. The van der Waals surface area contributed by atoms with E-state index in [0.29, 0.717) is 25.5 Å². The highest BCUT2D eigenvalue weighted by molar-refractivity contribution is 5.79. The lowest BCUT2D eigenvalue weighted by molar-refractivity contribution is -0.120. The van der Waals surface area contributed by atoms with E-state index < -0.39 is 0 Å². The number of para-hydroxylation sites is 2. The molecule has 37 heavy (non-hydrogen) atoms. The predicted octanol–water partition coefficient (Wildman–Crippen LogP) is 6.54. The number of hydrogen-bond acceptors (Lipinski definition) is 3. The summed E-state index contributed by atoms with van der Waals surface area (Å²) in [5.41, 5.74) is 6.87. The summed E-state index contributed by atoms with van der Waals surface area (Å²) in [5.74, 6) is 2.55. The van der Waals surface area contributed by atoms with Crippen molar-refractivity contribution >= 4 is 16.9 Å². The number of aryl methyl sites for hydroxylation is 4. The van der Waals surface area contributed by atoms with E-state index in [9.17, 15) is 4.79 Å². The van der Waals surface area contributed by atoms with Gasteiger partial charge >= 0.3 is 0 Å². The van der Waals surface area contributed by atoms with Crippen LogP contribution >= 0.6 is 0 Å². The van der Waals surface area contributed by atoms with Crippen molar-refractivity contribution in [1.29, 1.82) is 0 Å². The average molecular weight is 498 g/mol. The topological polar surface area (TPSA) is 56.1 Å². The molecular weight excluding hydrogens is 458 g/mol. The maximum atomic E-state index is 12.4. The van der Waals surface area contributed by atoms with Crippen LogP contribution in [0.5, 0.6) is 5.75 Å². The summed E-state index contributed by atoms with van der Waals surface area (Å²) in [6.45, 7) is 10.7. The number of amides is 1. The van der Waals surface area contributed by atoms with E-state index in [2.05, 4.69) is 67.1 Å². The van der Waals surface area contributed by atoms with Gasteiger partial charge < -0.3 is 14.6 Å². The molecule has 1 heterocycles. The van der Waals surface area contributed by atoms with Gasteiger partial charge in [-0.1, -0.05) is 62.4 Å². The summed E-state index contributed by atoms with van der Waals surface area (Å²) in [4.78, 5) is 17.3. The lowest BCUT2D eigenvalue weighted by Crippen LogP contribution is -2.26. The number of nitrogens with one attached hydrogen (secondary N) is 1. The van der Waals surface area contributed by atoms with Crippen molar-refractivity contribution in [1.82, 2.24) is 14.9 Å². The highest BCUT2D eigenvalue weighted by Crippen LogP contribution is 2.27. The van der Waals surface area contributed by atoms with Gasteiger partial charge in [-0.2, -0.15) is 0 Å². The highest BCUT2D eigenvalue weighted by atomic mass is 16.5. The molecule has 0 spiro atoms. The second kappa shape index (κ2) is 12.6. The van der Waals surface area contributed by atoms with Gasteiger partial charge in [0.15, 0.2) is 0 Å². The van der Waals surface area contributed by atoms with Crippen molar-refractivity contribution in [3.05, 3.63) is 94.8 Å². The van der Waals surface area contributed by atoms with Gasteiger partial charge in [-0.3, -0.25) is 4.79 Å². The zero-order valence-electron chi connectivity index (χ0n) is 22.6. The Labute approximate surface area is 220 Å². The molecule has 1 aromatic heterocycles. The zero-order valence-corrected chi connectivity index (χ0v) is 22.6. The fourth-order valence-corrected chi connectivity index (χ4v) is 4.73. The second-order valence-electron chi connectivity index (χ2n) is 10.1. The molecule has 0 aliphatic carbocycles. The average Bonchev–Trinajstić information content (AvgIpc) is 3.23. The fourth-order valence-electron chi connectivity index (χ4n) is 4.73. The van der Waals surface area contributed by atoms with Gasteiger partial charge in [-0.05, 0) is 73.1 Å². The summed E-state index contributed by atoms with van der Waals surface area (Å²) < 4.78 is 8.54. The van der Waals surface area contributed by atoms with Crippen molar-refractivity contribution < 1.29 is 9.53 Å². The van der Waals surface area contributed by atoms with E-state index in [1.807, 2.05) is 37.3 Å². The van der Waals surface area contributed by atoms with Crippen LogP contribution < -0.4 is 10.1 Å². The molecule has 5 nitrogen and oxygen atoms in total. The Morgan fingerprint density at radius 2 is 1.78 bits per heavy atom. The number of carbonyl (C=O) groups is 1. The Hall–Kier alpha value is -3.60. The van der Waals surface area contributed by atoms with E-state index in [-0.39, 0.29) is 5.91 Å². The minimum atomic E-state index is 0.0665. The molecule has 0 saturated heterocycles. The number of imidazole rings is 1. The van der Waals surface area contributed by atoms with Crippen LogP contribution in [0.1, 0.15) is 60.7 Å². The number of nitrogens with zero attached hydrogens (tertiary/aromatic N) is 2. The first kappa shape index (κ1) is 26.5. The van der Waals surface area contributed by atoms with Crippen molar-refractivity contribution in [2.24, 2.45) is 0 Å². The molecule has 0 bridgehead atoms. The molecule has 0 radical (unpaired) electrons. The van der Waals surface area contributed by atoms with E-state index in [1.54, 1.807) is 0 Å². The summed E-state index contributed by atoms with van der Waals surface area (Å²) >= 11 is 0. The van der Waals surface area contributed by atoms with Crippen molar-refractivity contribution in [3.8, 4) is 5.75 Å². The molecule has 4 aromatic rings.